The topological polar surface area (TPSA) is 70.5 Å². The van der Waals surface area contributed by atoms with Crippen LogP contribution in [0.4, 0.5) is 0 Å². The van der Waals surface area contributed by atoms with E-state index in [9.17, 15) is 9.59 Å². The fourth-order valence-electron chi connectivity index (χ4n) is 3.27. The van der Waals surface area contributed by atoms with Gasteiger partial charge in [-0.2, -0.15) is 0 Å². The molecule has 0 radical (unpaired) electrons. The van der Waals surface area contributed by atoms with E-state index in [2.05, 4.69) is 22.2 Å². The Morgan fingerprint density at radius 2 is 1.83 bits per heavy atom. The maximum atomic E-state index is 12.8. The highest BCUT2D eigenvalue weighted by molar-refractivity contribution is 5.93. The van der Waals surface area contributed by atoms with Crippen molar-refractivity contribution in [2.75, 3.05) is 13.1 Å². The summed E-state index contributed by atoms with van der Waals surface area (Å²) in [6.45, 7) is 3.07. The molecule has 0 spiro atoms. The smallest absolute Gasteiger partial charge is 0.285 e. The van der Waals surface area contributed by atoms with Crippen molar-refractivity contribution in [2.24, 2.45) is 0 Å². The Morgan fingerprint density at radius 1 is 1.17 bits per heavy atom. The van der Waals surface area contributed by atoms with Crippen molar-refractivity contribution in [1.82, 2.24) is 19.5 Å². The second kappa shape index (κ2) is 5.63. The number of nitrogens with one attached hydrogen (secondary N) is 1. The second-order valence-corrected chi connectivity index (χ2v) is 6.17. The molecule has 24 heavy (non-hydrogen) atoms. The number of benzene rings is 1. The minimum atomic E-state index is -0.347. The van der Waals surface area contributed by atoms with Crippen molar-refractivity contribution >= 4 is 11.6 Å². The number of hydrogen-bond acceptors (Lipinski definition) is 3. The number of aromatic amines is 1. The Balaban J connectivity index is 1.65. The molecule has 6 nitrogen and oxygen atoms in total. The first kappa shape index (κ1) is 14.7. The molecule has 0 aliphatic carbocycles. The first-order valence-corrected chi connectivity index (χ1v) is 8.07. The highest BCUT2D eigenvalue weighted by atomic mass is 16.2. The molecule has 0 saturated heterocycles. The van der Waals surface area contributed by atoms with Gasteiger partial charge in [-0.1, -0.05) is 24.3 Å². The van der Waals surface area contributed by atoms with Crippen LogP contribution in [0.1, 0.15) is 27.2 Å². The maximum absolute atomic E-state index is 12.8. The molecule has 4 rings (SSSR count). The number of hydrogen-bond donors (Lipinski definition) is 1. The third-order valence-electron chi connectivity index (χ3n) is 4.56. The molecule has 3 heterocycles. The number of aromatic nitrogens is 3. The number of rotatable bonds is 1. The van der Waals surface area contributed by atoms with Gasteiger partial charge >= 0.3 is 0 Å². The fourth-order valence-corrected chi connectivity index (χ4v) is 3.27. The Morgan fingerprint density at radius 3 is 2.50 bits per heavy atom. The van der Waals surface area contributed by atoms with E-state index in [-0.39, 0.29) is 17.0 Å². The number of fused-ring (bicyclic) bond motifs is 2. The van der Waals surface area contributed by atoms with Gasteiger partial charge in [0.15, 0.2) is 5.65 Å². The van der Waals surface area contributed by atoms with Gasteiger partial charge in [-0.25, -0.2) is 9.50 Å². The van der Waals surface area contributed by atoms with Crippen LogP contribution in [0, 0.1) is 6.92 Å². The van der Waals surface area contributed by atoms with Crippen LogP contribution in [-0.2, 0) is 12.8 Å². The van der Waals surface area contributed by atoms with Crippen LogP contribution < -0.4 is 5.56 Å². The molecule has 0 saturated carbocycles. The summed E-state index contributed by atoms with van der Waals surface area (Å²) in [5.74, 6) is -0.248. The largest absolute Gasteiger partial charge is 0.338 e. The first-order chi connectivity index (χ1) is 11.6. The van der Waals surface area contributed by atoms with Crippen LogP contribution >= 0.6 is 0 Å². The molecular formula is C18H18N4O2. The predicted octanol–water partition coefficient (Wildman–Crippen LogP) is 1.57. The zero-order chi connectivity index (χ0) is 16.7. The summed E-state index contributed by atoms with van der Waals surface area (Å²) in [7, 11) is 0. The van der Waals surface area contributed by atoms with E-state index in [4.69, 9.17) is 0 Å². The molecule has 1 aliphatic heterocycles. The number of H-pyrrole nitrogens is 1. The molecule has 2 aromatic heterocycles. The van der Waals surface area contributed by atoms with Crippen molar-refractivity contribution in [2.45, 2.75) is 19.8 Å². The lowest BCUT2D eigenvalue weighted by Crippen LogP contribution is -2.37. The molecule has 6 heteroatoms. The average molecular weight is 322 g/mol. The van der Waals surface area contributed by atoms with Crippen LogP contribution in [0.2, 0.25) is 0 Å². The van der Waals surface area contributed by atoms with Gasteiger partial charge in [-0.05, 0) is 30.9 Å². The molecule has 0 bridgehead atoms. The van der Waals surface area contributed by atoms with Crippen LogP contribution in [0.3, 0.4) is 0 Å². The van der Waals surface area contributed by atoms with E-state index in [1.165, 1.54) is 21.8 Å². The summed E-state index contributed by atoms with van der Waals surface area (Å²) in [6, 6.07) is 10.0. The normalized spacial score (nSPS) is 14.5. The van der Waals surface area contributed by atoms with Gasteiger partial charge in [0, 0.05) is 31.0 Å². The summed E-state index contributed by atoms with van der Waals surface area (Å²) >= 11 is 0. The van der Waals surface area contributed by atoms with E-state index in [0.717, 1.165) is 18.5 Å². The molecule has 3 aromatic rings. The van der Waals surface area contributed by atoms with Gasteiger partial charge in [0.25, 0.3) is 11.5 Å². The van der Waals surface area contributed by atoms with Gasteiger partial charge in [0.05, 0.1) is 0 Å². The van der Waals surface area contributed by atoms with Crippen molar-refractivity contribution < 1.29 is 4.79 Å². The van der Waals surface area contributed by atoms with Gasteiger partial charge in [0.1, 0.15) is 5.56 Å². The SMILES string of the molecule is Cc1cc2ncc(C(=O)N3CCc4ccccc4CC3)c(=O)n2[nH]1. The fraction of sp³-hybridized carbons (Fsp3) is 0.278. The van der Waals surface area contributed by atoms with Crippen LogP contribution in [0.25, 0.3) is 5.65 Å². The Kier molecular flexibility index (Phi) is 3.45. The Hall–Kier alpha value is -2.89. The highest BCUT2D eigenvalue weighted by Gasteiger charge is 2.23. The van der Waals surface area contributed by atoms with E-state index >= 15 is 0 Å². The molecule has 1 N–H and O–H groups in total. The molecule has 1 aromatic carbocycles. The molecule has 1 aliphatic rings. The second-order valence-electron chi connectivity index (χ2n) is 6.17. The van der Waals surface area contributed by atoms with Crippen molar-refractivity contribution in [1.29, 1.82) is 0 Å². The number of nitrogens with zero attached hydrogens (tertiary/aromatic N) is 3. The number of carbonyl (C=O) groups is 1. The molecule has 0 unspecified atom stereocenters. The zero-order valence-corrected chi connectivity index (χ0v) is 13.5. The third-order valence-corrected chi connectivity index (χ3v) is 4.56. The number of carbonyl (C=O) groups excluding carboxylic acids is 1. The first-order valence-electron chi connectivity index (χ1n) is 8.07. The van der Waals surface area contributed by atoms with E-state index < -0.39 is 0 Å². The molecular weight excluding hydrogens is 304 g/mol. The van der Waals surface area contributed by atoms with Crippen molar-refractivity contribution in [3.63, 3.8) is 0 Å². The van der Waals surface area contributed by atoms with Crippen LogP contribution in [-0.4, -0.2) is 38.5 Å². The van der Waals surface area contributed by atoms with Crippen LogP contribution in [0.5, 0.6) is 0 Å². The lowest BCUT2D eigenvalue weighted by molar-refractivity contribution is 0.0760. The summed E-state index contributed by atoms with van der Waals surface area (Å²) in [6.07, 6.45) is 3.01. The lowest BCUT2D eigenvalue weighted by Gasteiger charge is -2.19. The summed E-state index contributed by atoms with van der Waals surface area (Å²) in [5.41, 5.74) is 3.67. The number of amides is 1. The molecule has 0 atom stereocenters. The lowest BCUT2D eigenvalue weighted by atomic mass is 10.0. The monoisotopic (exact) mass is 322 g/mol. The summed E-state index contributed by atoms with van der Waals surface area (Å²) < 4.78 is 1.33. The van der Waals surface area contributed by atoms with E-state index in [0.29, 0.717) is 18.7 Å². The quantitative estimate of drug-likeness (QED) is 0.739. The highest BCUT2D eigenvalue weighted by Crippen LogP contribution is 2.16. The Labute approximate surface area is 138 Å². The third kappa shape index (κ3) is 2.40. The summed E-state index contributed by atoms with van der Waals surface area (Å²) in [4.78, 5) is 31.4. The van der Waals surface area contributed by atoms with E-state index in [1.807, 2.05) is 19.1 Å². The van der Waals surface area contributed by atoms with Crippen molar-refractivity contribution in [3.05, 3.63) is 69.3 Å². The molecule has 0 fully saturated rings. The minimum Gasteiger partial charge on any atom is -0.338 e. The average Bonchev–Trinajstić information content (AvgIpc) is 2.84. The maximum Gasteiger partial charge on any atom is 0.285 e. The number of aryl methyl sites for hydroxylation is 1. The Bertz CT molecular complexity index is 959. The predicted molar refractivity (Wildman–Crippen MR) is 90.3 cm³/mol. The summed E-state index contributed by atoms with van der Waals surface area (Å²) in [5, 5.41) is 2.92. The standard InChI is InChI=1S/C18H18N4O2/c1-12-10-16-19-11-15(18(24)22(16)20-12)17(23)21-8-6-13-4-2-3-5-14(13)7-9-21/h2-5,10-11,20H,6-9H2,1H3. The molecule has 1 amide bonds. The van der Waals surface area contributed by atoms with Gasteiger partial charge in [-0.3, -0.25) is 14.7 Å². The molecule has 122 valence electrons. The zero-order valence-electron chi connectivity index (χ0n) is 13.5. The van der Waals surface area contributed by atoms with Gasteiger partial charge in [-0.15, -0.1) is 0 Å². The van der Waals surface area contributed by atoms with Crippen molar-refractivity contribution in [3.8, 4) is 0 Å². The minimum absolute atomic E-state index is 0.111. The van der Waals surface area contributed by atoms with Gasteiger partial charge < -0.3 is 4.90 Å². The van der Waals surface area contributed by atoms with E-state index in [1.54, 1.807) is 11.0 Å². The van der Waals surface area contributed by atoms with Crippen LogP contribution in [0.15, 0.2) is 41.3 Å². The van der Waals surface area contributed by atoms with Gasteiger partial charge in [0.2, 0.25) is 0 Å².